The molecule has 0 saturated heterocycles. The first-order chi connectivity index (χ1) is 9.02. The molecule has 20 heavy (non-hydrogen) atoms. The summed E-state index contributed by atoms with van der Waals surface area (Å²) in [5.41, 5.74) is -1.01. The molecule has 0 aliphatic carbocycles. The second-order valence-corrected chi connectivity index (χ2v) is 4.90. The van der Waals surface area contributed by atoms with Crippen molar-refractivity contribution >= 4 is 5.97 Å². The van der Waals surface area contributed by atoms with E-state index in [2.05, 4.69) is 10.7 Å². The van der Waals surface area contributed by atoms with Gasteiger partial charge in [-0.15, -0.1) is 19.6 Å². The van der Waals surface area contributed by atoms with E-state index in [9.17, 15) is 18.0 Å². The molecule has 1 rings (SSSR count). The number of hydrogen-bond acceptors (Lipinski definition) is 3. The van der Waals surface area contributed by atoms with Crippen molar-refractivity contribution in [2.24, 2.45) is 0 Å². The van der Waals surface area contributed by atoms with Gasteiger partial charge in [0.05, 0.1) is 0 Å². The Bertz CT molecular complexity index is 548. The number of terminal acetylenes is 1. The van der Waals surface area contributed by atoms with Crippen molar-refractivity contribution in [3.05, 3.63) is 29.3 Å². The van der Waals surface area contributed by atoms with Crippen LogP contribution in [0.5, 0.6) is 5.75 Å². The minimum atomic E-state index is -4.93. The highest BCUT2D eigenvalue weighted by Crippen LogP contribution is 2.29. The van der Waals surface area contributed by atoms with Crippen molar-refractivity contribution < 1.29 is 27.4 Å². The van der Waals surface area contributed by atoms with E-state index in [0.29, 0.717) is 0 Å². The second kappa shape index (κ2) is 5.45. The lowest BCUT2D eigenvalue weighted by molar-refractivity contribution is -0.274. The molecule has 0 saturated carbocycles. The van der Waals surface area contributed by atoms with Gasteiger partial charge in [0, 0.05) is 5.56 Å². The number of carbonyl (C=O) groups is 1. The van der Waals surface area contributed by atoms with Gasteiger partial charge in [0.25, 0.3) is 0 Å². The van der Waals surface area contributed by atoms with Crippen LogP contribution in [-0.2, 0) is 4.74 Å². The van der Waals surface area contributed by atoms with Gasteiger partial charge in [-0.25, -0.2) is 4.79 Å². The maximum absolute atomic E-state index is 12.3. The van der Waals surface area contributed by atoms with Crippen molar-refractivity contribution in [2.75, 3.05) is 0 Å². The van der Waals surface area contributed by atoms with Gasteiger partial charge in [0.15, 0.2) is 0 Å². The molecule has 0 N–H and O–H groups in total. The molecule has 0 spiro atoms. The van der Waals surface area contributed by atoms with Gasteiger partial charge >= 0.3 is 12.3 Å². The van der Waals surface area contributed by atoms with Crippen LogP contribution < -0.4 is 4.74 Å². The number of hydrogen-bond donors (Lipinski definition) is 0. The molecule has 0 heterocycles. The number of rotatable bonds is 2. The fraction of sp³-hybridized carbons (Fsp3) is 0.357. The lowest BCUT2D eigenvalue weighted by Gasteiger charge is -2.20. The van der Waals surface area contributed by atoms with Gasteiger partial charge in [-0.1, -0.05) is 5.92 Å². The van der Waals surface area contributed by atoms with Gasteiger partial charge in [-0.2, -0.15) is 0 Å². The molecule has 0 radical (unpaired) electrons. The third-order valence-corrected chi connectivity index (χ3v) is 1.99. The third kappa shape index (κ3) is 4.84. The van der Waals surface area contributed by atoms with Crippen molar-refractivity contribution in [3.8, 4) is 18.1 Å². The number of esters is 1. The monoisotopic (exact) mass is 286 g/mol. The minimum Gasteiger partial charge on any atom is -0.456 e. The van der Waals surface area contributed by atoms with Crippen LogP contribution >= 0.6 is 0 Å². The molecule has 0 unspecified atom stereocenters. The molecule has 108 valence electrons. The standard InChI is InChI=1S/C14H13F3O3/c1-5-9-6-7-10(12(18)20-13(2,3)4)11(8-9)19-14(15,16)17/h1,6-8H,2-4H3. The van der Waals surface area contributed by atoms with Crippen LogP contribution in [0.4, 0.5) is 13.2 Å². The van der Waals surface area contributed by atoms with E-state index in [1.807, 2.05) is 0 Å². The first-order valence-corrected chi connectivity index (χ1v) is 5.61. The van der Waals surface area contributed by atoms with Crippen LogP contribution in [-0.4, -0.2) is 17.9 Å². The second-order valence-electron chi connectivity index (χ2n) is 4.90. The zero-order valence-corrected chi connectivity index (χ0v) is 11.2. The van der Waals surface area contributed by atoms with E-state index >= 15 is 0 Å². The van der Waals surface area contributed by atoms with Crippen LogP contribution in [0.3, 0.4) is 0 Å². The van der Waals surface area contributed by atoms with E-state index in [4.69, 9.17) is 11.2 Å². The van der Waals surface area contributed by atoms with Gasteiger partial charge in [-0.05, 0) is 39.0 Å². The molecule has 0 atom stereocenters. The lowest BCUT2D eigenvalue weighted by Crippen LogP contribution is -2.25. The summed E-state index contributed by atoms with van der Waals surface area (Å²) in [7, 11) is 0. The van der Waals surface area contributed by atoms with Gasteiger partial charge < -0.3 is 9.47 Å². The largest absolute Gasteiger partial charge is 0.573 e. The SMILES string of the molecule is C#Cc1ccc(C(=O)OC(C)(C)C)c(OC(F)(F)F)c1. The van der Waals surface area contributed by atoms with Crippen LogP contribution in [0, 0.1) is 12.3 Å². The third-order valence-electron chi connectivity index (χ3n) is 1.99. The summed E-state index contributed by atoms with van der Waals surface area (Å²) in [5.74, 6) is 0.573. The molecule has 6 heteroatoms. The number of carbonyl (C=O) groups excluding carboxylic acids is 1. The Morgan fingerprint density at radius 3 is 2.30 bits per heavy atom. The Hall–Kier alpha value is -2.16. The summed E-state index contributed by atoms with van der Waals surface area (Å²) in [5, 5.41) is 0. The summed E-state index contributed by atoms with van der Waals surface area (Å²) >= 11 is 0. The Labute approximate surface area is 114 Å². The average Bonchev–Trinajstić information content (AvgIpc) is 2.24. The maximum atomic E-state index is 12.3. The number of alkyl halides is 3. The van der Waals surface area contributed by atoms with Crippen LogP contribution in [0.25, 0.3) is 0 Å². The molecular formula is C14H13F3O3. The minimum absolute atomic E-state index is 0.163. The predicted octanol–water partition coefficient (Wildman–Crippen LogP) is 3.52. The van der Waals surface area contributed by atoms with Crippen molar-refractivity contribution in [1.29, 1.82) is 0 Å². The molecule has 0 fully saturated rings. The summed E-state index contributed by atoms with van der Waals surface area (Å²) < 4.78 is 45.8. The fourth-order valence-corrected chi connectivity index (χ4v) is 1.32. The highest BCUT2D eigenvalue weighted by molar-refractivity contribution is 5.93. The highest BCUT2D eigenvalue weighted by atomic mass is 19.4. The van der Waals surface area contributed by atoms with Crippen molar-refractivity contribution in [2.45, 2.75) is 32.7 Å². The van der Waals surface area contributed by atoms with E-state index in [1.54, 1.807) is 20.8 Å². The normalized spacial score (nSPS) is 11.7. The average molecular weight is 286 g/mol. The van der Waals surface area contributed by atoms with Crippen LogP contribution in [0.1, 0.15) is 36.7 Å². The van der Waals surface area contributed by atoms with E-state index in [0.717, 1.165) is 12.1 Å². The fourth-order valence-electron chi connectivity index (χ4n) is 1.32. The molecule has 1 aromatic rings. The highest BCUT2D eigenvalue weighted by Gasteiger charge is 2.33. The smallest absolute Gasteiger partial charge is 0.456 e. The van der Waals surface area contributed by atoms with E-state index in [1.165, 1.54) is 6.07 Å². The van der Waals surface area contributed by atoms with Gasteiger partial charge in [-0.3, -0.25) is 0 Å². The van der Waals surface area contributed by atoms with Crippen molar-refractivity contribution in [1.82, 2.24) is 0 Å². The summed E-state index contributed by atoms with van der Waals surface area (Å²) in [6, 6.07) is 3.44. The van der Waals surface area contributed by atoms with Crippen molar-refractivity contribution in [3.63, 3.8) is 0 Å². The Morgan fingerprint density at radius 1 is 1.25 bits per heavy atom. The first kappa shape index (κ1) is 15.9. The molecule has 1 aromatic carbocycles. The van der Waals surface area contributed by atoms with E-state index in [-0.39, 0.29) is 11.1 Å². The predicted molar refractivity (Wildman–Crippen MR) is 66.2 cm³/mol. The first-order valence-electron chi connectivity index (χ1n) is 5.61. The van der Waals surface area contributed by atoms with Gasteiger partial charge in [0.2, 0.25) is 0 Å². The van der Waals surface area contributed by atoms with Gasteiger partial charge in [0.1, 0.15) is 16.9 Å². The van der Waals surface area contributed by atoms with Crippen LogP contribution in [0.15, 0.2) is 18.2 Å². The number of benzene rings is 1. The molecular weight excluding hydrogens is 273 g/mol. The molecule has 0 bridgehead atoms. The summed E-state index contributed by atoms with van der Waals surface area (Å²) in [4.78, 5) is 11.8. The van der Waals surface area contributed by atoms with Crippen LogP contribution in [0.2, 0.25) is 0 Å². The molecule has 0 aliphatic rings. The Morgan fingerprint density at radius 2 is 1.85 bits per heavy atom. The molecule has 0 amide bonds. The zero-order valence-electron chi connectivity index (χ0n) is 11.2. The number of halogens is 3. The maximum Gasteiger partial charge on any atom is 0.573 e. The summed E-state index contributed by atoms with van der Waals surface area (Å²) in [6.07, 6.45) is 0.181. The number of ether oxygens (including phenoxy) is 2. The molecule has 0 aromatic heterocycles. The Kier molecular flexibility index (Phi) is 4.33. The lowest BCUT2D eigenvalue weighted by atomic mass is 10.1. The Balaban J connectivity index is 3.19. The summed E-state index contributed by atoms with van der Waals surface area (Å²) in [6.45, 7) is 4.81. The van der Waals surface area contributed by atoms with E-state index < -0.39 is 23.7 Å². The molecule has 3 nitrogen and oxygen atoms in total. The molecule has 0 aliphatic heterocycles. The quantitative estimate of drug-likeness (QED) is 0.616. The zero-order chi connectivity index (χ0) is 15.6. The topological polar surface area (TPSA) is 35.5 Å².